The fraction of sp³-hybridized carbons (Fsp3) is 0.600. The van der Waals surface area contributed by atoms with Crippen molar-refractivity contribution in [1.29, 1.82) is 0 Å². The van der Waals surface area contributed by atoms with Crippen molar-refractivity contribution in [2.24, 2.45) is 5.73 Å². The molecule has 3 N–H and O–H groups in total. The van der Waals surface area contributed by atoms with Gasteiger partial charge in [-0.3, -0.25) is 5.26 Å². The SMILES string of the molecule is C/C=C(\C)N.COO. The van der Waals surface area contributed by atoms with Crippen molar-refractivity contribution >= 4 is 0 Å². The third kappa shape index (κ3) is 51.0. The van der Waals surface area contributed by atoms with Crippen LogP contribution in [0.1, 0.15) is 13.8 Å². The highest BCUT2D eigenvalue weighted by Crippen LogP contribution is 1.71. The van der Waals surface area contributed by atoms with E-state index in [1.807, 2.05) is 19.9 Å². The van der Waals surface area contributed by atoms with Crippen LogP contribution < -0.4 is 5.73 Å². The average Bonchev–Trinajstić information content (AvgIpc) is 1.69. The van der Waals surface area contributed by atoms with Gasteiger partial charge in [0.05, 0.1) is 7.11 Å². The van der Waals surface area contributed by atoms with Crippen LogP contribution in [0.25, 0.3) is 0 Å². The molecule has 0 bridgehead atoms. The fourth-order valence-corrected chi connectivity index (χ4v) is 0. The highest BCUT2D eigenvalue weighted by atomic mass is 17.1. The average molecular weight is 119 g/mol. The van der Waals surface area contributed by atoms with Gasteiger partial charge in [-0.2, -0.15) is 0 Å². The zero-order chi connectivity index (χ0) is 6.99. The number of allylic oxidation sites excluding steroid dienone is 2. The number of hydrogen-bond donors (Lipinski definition) is 2. The second-order valence-corrected chi connectivity index (χ2v) is 1.22. The van der Waals surface area contributed by atoms with Crippen molar-refractivity contribution in [2.75, 3.05) is 7.11 Å². The van der Waals surface area contributed by atoms with E-state index >= 15 is 0 Å². The van der Waals surface area contributed by atoms with Crippen LogP contribution in [-0.2, 0) is 4.89 Å². The molecule has 0 rings (SSSR count). The number of rotatable bonds is 0. The lowest BCUT2D eigenvalue weighted by Crippen LogP contribution is -1.86. The molecular formula is C5H13NO2. The molecule has 0 amide bonds. The quantitative estimate of drug-likeness (QED) is 0.369. The summed E-state index contributed by atoms with van der Waals surface area (Å²) in [5, 5.41) is 7.07. The Labute approximate surface area is 49.7 Å². The van der Waals surface area contributed by atoms with E-state index < -0.39 is 0 Å². The lowest BCUT2D eigenvalue weighted by Gasteiger charge is -1.76. The Morgan fingerprint density at radius 3 is 1.88 bits per heavy atom. The van der Waals surface area contributed by atoms with Crippen LogP contribution >= 0.6 is 0 Å². The van der Waals surface area contributed by atoms with Gasteiger partial charge in [0, 0.05) is 5.70 Å². The lowest BCUT2D eigenvalue weighted by atomic mass is 10.5. The van der Waals surface area contributed by atoms with Crippen LogP contribution in [0.5, 0.6) is 0 Å². The van der Waals surface area contributed by atoms with E-state index in [9.17, 15) is 0 Å². The molecular weight excluding hydrogens is 106 g/mol. The Morgan fingerprint density at radius 1 is 1.75 bits per heavy atom. The van der Waals surface area contributed by atoms with Crippen LogP contribution in [0.3, 0.4) is 0 Å². The van der Waals surface area contributed by atoms with Crippen molar-refractivity contribution in [3.63, 3.8) is 0 Å². The maximum absolute atomic E-state index is 7.07. The normalized spacial score (nSPS) is 9.75. The van der Waals surface area contributed by atoms with E-state index in [-0.39, 0.29) is 0 Å². The Bertz CT molecular complexity index is 57.4. The Kier molecular flexibility index (Phi) is 12.6. The monoisotopic (exact) mass is 119 g/mol. The van der Waals surface area contributed by atoms with Crippen molar-refractivity contribution in [3.8, 4) is 0 Å². The molecule has 0 unspecified atom stereocenters. The minimum absolute atomic E-state index is 0.880. The molecule has 0 fully saturated rings. The van der Waals surface area contributed by atoms with Gasteiger partial charge in [-0.25, -0.2) is 4.89 Å². The van der Waals surface area contributed by atoms with E-state index in [1.165, 1.54) is 7.11 Å². The summed E-state index contributed by atoms with van der Waals surface area (Å²) in [5.74, 6) is 0. The third-order valence-corrected chi connectivity index (χ3v) is 0.455. The topological polar surface area (TPSA) is 55.5 Å². The minimum atomic E-state index is 0.880. The molecule has 0 atom stereocenters. The molecule has 3 nitrogen and oxygen atoms in total. The molecule has 8 heavy (non-hydrogen) atoms. The second kappa shape index (κ2) is 9.68. The van der Waals surface area contributed by atoms with E-state index in [4.69, 9.17) is 11.0 Å². The van der Waals surface area contributed by atoms with Gasteiger partial charge in [-0.1, -0.05) is 6.08 Å². The molecule has 0 aliphatic heterocycles. The van der Waals surface area contributed by atoms with Crippen LogP contribution in [0.4, 0.5) is 0 Å². The van der Waals surface area contributed by atoms with E-state index in [0.717, 1.165) is 5.70 Å². The van der Waals surface area contributed by atoms with Gasteiger partial charge in [0.25, 0.3) is 0 Å². The third-order valence-electron chi connectivity index (χ3n) is 0.455. The predicted octanol–water partition coefficient (Wildman–Crippen LogP) is 0.975. The van der Waals surface area contributed by atoms with Crippen molar-refractivity contribution in [2.45, 2.75) is 13.8 Å². The second-order valence-electron chi connectivity index (χ2n) is 1.22. The number of nitrogens with two attached hydrogens (primary N) is 1. The molecule has 0 radical (unpaired) electrons. The maximum Gasteiger partial charge on any atom is 0.0710 e. The fourth-order valence-electron chi connectivity index (χ4n) is 0. The molecule has 0 aromatic rings. The Hall–Kier alpha value is -0.540. The van der Waals surface area contributed by atoms with Crippen LogP contribution in [0.2, 0.25) is 0 Å². The molecule has 0 spiro atoms. The van der Waals surface area contributed by atoms with Crippen LogP contribution in [0.15, 0.2) is 11.8 Å². The van der Waals surface area contributed by atoms with Gasteiger partial charge in [0.1, 0.15) is 0 Å². The summed E-state index contributed by atoms with van der Waals surface area (Å²) in [4.78, 5) is 3.25. The zero-order valence-corrected chi connectivity index (χ0v) is 5.51. The van der Waals surface area contributed by atoms with Crippen molar-refractivity contribution < 1.29 is 10.1 Å². The first-order chi connectivity index (χ1) is 3.68. The maximum atomic E-state index is 7.07. The highest BCUT2D eigenvalue weighted by Gasteiger charge is 1.60. The summed E-state index contributed by atoms with van der Waals surface area (Å²) in [6.45, 7) is 3.77. The number of hydrogen-bond acceptors (Lipinski definition) is 3. The largest absolute Gasteiger partial charge is 0.403 e. The van der Waals surface area contributed by atoms with Crippen LogP contribution in [0, 0.1) is 0 Å². The summed E-state index contributed by atoms with van der Waals surface area (Å²) >= 11 is 0. The van der Waals surface area contributed by atoms with Crippen LogP contribution in [-0.4, -0.2) is 12.4 Å². The first-order valence-corrected chi connectivity index (χ1v) is 2.25. The molecule has 0 saturated carbocycles. The molecule has 0 aliphatic rings. The molecule has 3 heteroatoms. The van der Waals surface area contributed by atoms with Gasteiger partial charge < -0.3 is 5.73 Å². The smallest absolute Gasteiger partial charge is 0.0710 e. The van der Waals surface area contributed by atoms with E-state index in [0.29, 0.717) is 0 Å². The Morgan fingerprint density at radius 2 is 1.88 bits per heavy atom. The Balaban J connectivity index is 0. The lowest BCUT2D eigenvalue weighted by molar-refractivity contribution is -0.214. The first-order valence-electron chi connectivity index (χ1n) is 2.25. The molecule has 0 aromatic heterocycles. The van der Waals surface area contributed by atoms with Gasteiger partial charge in [-0.15, -0.1) is 0 Å². The van der Waals surface area contributed by atoms with Crippen molar-refractivity contribution in [1.82, 2.24) is 0 Å². The van der Waals surface area contributed by atoms with Gasteiger partial charge in [0.2, 0.25) is 0 Å². The summed E-state index contributed by atoms with van der Waals surface area (Å²) in [5.41, 5.74) is 6.03. The molecule has 0 aliphatic carbocycles. The molecule has 0 heterocycles. The molecule has 0 saturated heterocycles. The van der Waals surface area contributed by atoms with E-state index in [1.54, 1.807) is 0 Å². The summed E-state index contributed by atoms with van der Waals surface area (Å²) in [6, 6.07) is 0. The summed E-state index contributed by atoms with van der Waals surface area (Å²) < 4.78 is 0. The van der Waals surface area contributed by atoms with E-state index in [2.05, 4.69) is 4.89 Å². The molecule has 50 valence electrons. The predicted molar refractivity (Wildman–Crippen MR) is 33.3 cm³/mol. The van der Waals surface area contributed by atoms with Crippen molar-refractivity contribution in [3.05, 3.63) is 11.8 Å². The zero-order valence-electron chi connectivity index (χ0n) is 5.51. The highest BCUT2D eigenvalue weighted by molar-refractivity contribution is 4.86. The summed E-state index contributed by atoms with van der Waals surface area (Å²) in [7, 11) is 1.18. The first kappa shape index (κ1) is 10.4. The summed E-state index contributed by atoms with van der Waals surface area (Å²) in [6.07, 6.45) is 1.86. The van der Waals surface area contributed by atoms with Gasteiger partial charge in [0.15, 0.2) is 0 Å². The standard InChI is InChI=1S/C4H9N.CH4O2/c1-3-4(2)5;1-3-2/h3H,5H2,1-2H3;2H,1H3/b4-3+;. The van der Waals surface area contributed by atoms with Gasteiger partial charge >= 0.3 is 0 Å². The molecule has 0 aromatic carbocycles. The van der Waals surface area contributed by atoms with Gasteiger partial charge in [-0.05, 0) is 13.8 Å². The minimum Gasteiger partial charge on any atom is -0.403 e.